The molecule has 0 spiro atoms. The highest BCUT2D eigenvalue weighted by molar-refractivity contribution is 6.32. The van der Waals surface area contributed by atoms with Crippen molar-refractivity contribution in [3.8, 4) is 16.9 Å². The van der Waals surface area contributed by atoms with Crippen molar-refractivity contribution in [2.45, 2.75) is 13.1 Å². The van der Waals surface area contributed by atoms with Crippen LogP contribution in [0.5, 0.6) is 0 Å². The fraction of sp³-hybridized carbons (Fsp3) is 0.118. The molecule has 0 saturated heterocycles. The van der Waals surface area contributed by atoms with Crippen LogP contribution in [0.15, 0.2) is 54.7 Å². The molecule has 0 unspecified atom stereocenters. The zero-order chi connectivity index (χ0) is 16.6. The van der Waals surface area contributed by atoms with Crippen LogP contribution >= 0.6 is 11.6 Å². The molecule has 23 heavy (non-hydrogen) atoms. The largest absolute Gasteiger partial charge is 0.416 e. The molecule has 0 amide bonds. The van der Waals surface area contributed by atoms with E-state index in [1.165, 1.54) is 12.1 Å². The van der Waals surface area contributed by atoms with Crippen molar-refractivity contribution in [3.63, 3.8) is 0 Å². The summed E-state index contributed by atoms with van der Waals surface area (Å²) >= 11 is 6.20. The van der Waals surface area contributed by atoms with Crippen LogP contribution in [0.2, 0.25) is 5.02 Å². The smallest absolute Gasteiger partial charge is 0.231 e. The summed E-state index contributed by atoms with van der Waals surface area (Å²) in [6, 6.07) is 12.2. The van der Waals surface area contributed by atoms with Crippen molar-refractivity contribution in [2.75, 3.05) is 0 Å². The Hall–Kier alpha value is -2.27. The van der Waals surface area contributed by atoms with Crippen LogP contribution in [0.25, 0.3) is 16.9 Å². The molecule has 2 aromatic carbocycles. The molecule has 0 aliphatic carbocycles. The van der Waals surface area contributed by atoms with Gasteiger partial charge in [-0.1, -0.05) is 35.9 Å². The van der Waals surface area contributed by atoms with Crippen molar-refractivity contribution in [1.29, 1.82) is 0 Å². The predicted octanol–water partition coefficient (Wildman–Crippen LogP) is 5.52. The van der Waals surface area contributed by atoms with Crippen LogP contribution < -0.4 is 0 Å². The lowest BCUT2D eigenvalue weighted by atomic mass is 10.1. The number of halogens is 4. The lowest BCUT2D eigenvalue weighted by Gasteiger charge is -2.12. The van der Waals surface area contributed by atoms with E-state index in [0.29, 0.717) is 22.0 Å². The van der Waals surface area contributed by atoms with Crippen LogP contribution in [0.4, 0.5) is 13.2 Å². The first kappa shape index (κ1) is 15.6. The van der Waals surface area contributed by atoms with Gasteiger partial charge in [0.05, 0.1) is 28.2 Å². The Morgan fingerprint density at radius 2 is 1.65 bits per heavy atom. The fourth-order valence-electron chi connectivity index (χ4n) is 2.40. The predicted molar refractivity (Wildman–Crippen MR) is 83.7 cm³/mol. The maximum atomic E-state index is 12.7. The van der Waals surface area contributed by atoms with Gasteiger partial charge in [-0.3, -0.25) is 0 Å². The second-order valence-electron chi connectivity index (χ2n) is 5.11. The van der Waals surface area contributed by atoms with Gasteiger partial charge < -0.3 is 0 Å². The molecule has 6 heteroatoms. The minimum atomic E-state index is -4.35. The molecular formula is C17H12ClF3N2. The summed E-state index contributed by atoms with van der Waals surface area (Å²) in [4.78, 5) is 0. The van der Waals surface area contributed by atoms with Crippen molar-refractivity contribution >= 4 is 11.6 Å². The summed E-state index contributed by atoms with van der Waals surface area (Å²) in [5.74, 6) is 0. The summed E-state index contributed by atoms with van der Waals surface area (Å²) in [7, 11) is 0. The summed E-state index contributed by atoms with van der Waals surface area (Å²) in [6.45, 7) is 1.85. The van der Waals surface area contributed by atoms with Crippen molar-refractivity contribution in [3.05, 3.63) is 70.9 Å². The van der Waals surface area contributed by atoms with Crippen molar-refractivity contribution < 1.29 is 13.2 Å². The number of rotatable bonds is 2. The molecule has 0 fully saturated rings. The standard InChI is InChI=1S/C17H12ClF3N2/c1-11-10-22-23(15-5-3-2-4-14(15)18)16(11)12-6-8-13(9-7-12)17(19,20)21/h2-10H,1H3. The molecule has 0 saturated carbocycles. The maximum Gasteiger partial charge on any atom is 0.416 e. The molecular weight excluding hydrogens is 325 g/mol. The summed E-state index contributed by atoms with van der Waals surface area (Å²) in [5, 5.41) is 4.82. The Kier molecular flexibility index (Phi) is 3.90. The molecule has 0 aliphatic heterocycles. The van der Waals surface area contributed by atoms with Crippen LogP contribution in [0, 0.1) is 6.92 Å². The Morgan fingerprint density at radius 3 is 2.26 bits per heavy atom. The zero-order valence-corrected chi connectivity index (χ0v) is 12.9. The van der Waals surface area contributed by atoms with Gasteiger partial charge in [0, 0.05) is 5.56 Å². The van der Waals surface area contributed by atoms with Gasteiger partial charge in [-0.05, 0) is 36.8 Å². The molecule has 2 nitrogen and oxygen atoms in total. The maximum absolute atomic E-state index is 12.7. The number of alkyl halides is 3. The third kappa shape index (κ3) is 2.97. The van der Waals surface area contributed by atoms with Gasteiger partial charge in [0.25, 0.3) is 0 Å². The van der Waals surface area contributed by atoms with Gasteiger partial charge in [-0.25, -0.2) is 4.68 Å². The average Bonchev–Trinajstić information content (AvgIpc) is 2.88. The molecule has 0 atom stereocenters. The van der Waals surface area contributed by atoms with Gasteiger partial charge in [0.15, 0.2) is 0 Å². The Balaban J connectivity index is 2.11. The highest BCUT2D eigenvalue weighted by Gasteiger charge is 2.30. The van der Waals surface area contributed by atoms with Gasteiger partial charge in [-0.2, -0.15) is 18.3 Å². The monoisotopic (exact) mass is 336 g/mol. The van der Waals surface area contributed by atoms with Crippen molar-refractivity contribution in [2.24, 2.45) is 0 Å². The van der Waals surface area contributed by atoms with Crippen LogP contribution in [-0.2, 0) is 6.18 Å². The minimum absolute atomic E-state index is 0.517. The van der Waals surface area contributed by atoms with E-state index in [2.05, 4.69) is 5.10 Å². The number of para-hydroxylation sites is 1. The van der Waals surface area contributed by atoms with Gasteiger partial charge in [-0.15, -0.1) is 0 Å². The molecule has 3 aromatic rings. The molecule has 1 heterocycles. The second-order valence-corrected chi connectivity index (χ2v) is 5.52. The Morgan fingerprint density at radius 1 is 1.00 bits per heavy atom. The topological polar surface area (TPSA) is 17.8 Å². The van der Waals surface area contributed by atoms with Crippen molar-refractivity contribution in [1.82, 2.24) is 9.78 Å². The summed E-state index contributed by atoms with van der Waals surface area (Å²) < 4.78 is 39.7. The number of aromatic nitrogens is 2. The number of hydrogen-bond donors (Lipinski definition) is 0. The first-order chi connectivity index (χ1) is 10.9. The van der Waals surface area contributed by atoms with E-state index in [4.69, 9.17) is 11.6 Å². The van der Waals surface area contributed by atoms with Gasteiger partial charge >= 0.3 is 6.18 Å². The van der Waals surface area contributed by atoms with E-state index >= 15 is 0 Å². The molecule has 0 bridgehead atoms. The highest BCUT2D eigenvalue weighted by Crippen LogP contribution is 2.33. The molecule has 0 radical (unpaired) electrons. The molecule has 0 N–H and O–H groups in total. The number of nitrogens with zero attached hydrogens (tertiary/aromatic N) is 2. The first-order valence-corrected chi connectivity index (χ1v) is 7.23. The Bertz CT molecular complexity index is 836. The molecule has 3 rings (SSSR count). The third-order valence-corrected chi connectivity index (χ3v) is 3.84. The average molecular weight is 337 g/mol. The number of aryl methyl sites for hydroxylation is 1. The minimum Gasteiger partial charge on any atom is -0.231 e. The number of benzene rings is 2. The van der Waals surface area contributed by atoms with Crippen LogP contribution in [-0.4, -0.2) is 9.78 Å². The quantitative estimate of drug-likeness (QED) is 0.602. The summed E-state index contributed by atoms with van der Waals surface area (Å²) in [6.07, 6.45) is -2.69. The molecule has 118 valence electrons. The van der Waals surface area contributed by atoms with E-state index in [1.807, 2.05) is 19.1 Å². The normalized spacial score (nSPS) is 11.7. The fourth-order valence-corrected chi connectivity index (χ4v) is 2.62. The van der Waals surface area contributed by atoms with E-state index in [0.717, 1.165) is 17.7 Å². The van der Waals surface area contributed by atoms with Crippen LogP contribution in [0.3, 0.4) is 0 Å². The van der Waals surface area contributed by atoms with Gasteiger partial charge in [0.1, 0.15) is 0 Å². The van der Waals surface area contributed by atoms with E-state index < -0.39 is 11.7 Å². The highest BCUT2D eigenvalue weighted by atomic mass is 35.5. The third-order valence-electron chi connectivity index (χ3n) is 3.52. The lowest BCUT2D eigenvalue weighted by Crippen LogP contribution is -2.05. The molecule has 1 aromatic heterocycles. The summed E-state index contributed by atoms with van der Waals surface area (Å²) in [5.41, 5.74) is 2.21. The molecule has 0 aliphatic rings. The van der Waals surface area contributed by atoms with E-state index in [-0.39, 0.29) is 0 Å². The number of hydrogen-bond acceptors (Lipinski definition) is 1. The van der Waals surface area contributed by atoms with E-state index in [1.54, 1.807) is 23.0 Å². The van der Waals surface area contributed by atoms with E-state index in [9.17, 15) is 13.2 Å². The first-order valence-electron chi connectivity index (χ1n) is 6.85. The van der Waals surface area contributed by atoms with Crippen LogP contribution in [0.1, 0.15) is 11.1 Å². The SMILES string of the molecule is Cc1cnn(-c2ccccc2Cl)c1-c1ccc(C(F)(F)F)cc1. The zero-order valence-electron chi connectivity index (χ0n) is 12.1. The van der Waals surface area contributed by atoms with Gasteiger partial charge in [0.2, 0.25) is 0 Å². The second kappa shape index (κ2) is 5.74. The lowest BCUT2D eigenvalue weighted by molar-refractivity contribution is -0.137. The Labute approximate surface area is 136 Å².